The monoisotopic (exact) mass is 782 g/mol. The Labute approximate surface area is 361 Å². The minimum atomic E-state index is -0.0570. The molecule has 0 N–H and O–H groups in total. The summed E-state index contributed by atoms with van der Waals surface area (Å²) in [6, 6.07) is 63.1. The highest BCUT2D eigenvalue weighted by molar-refractivity contribution is 6.21. The van der Waals surface area contributed by atoms with E-state index in [1.807, 2.05) is 0 Å². The molecule has 0 aliphatic heterocycles. The third kappa shape index (κ3) is 6.83. The molecule has 294 valence electrons. The van der Waals surface area contributed by atoms with E-state index in [0.29, 0.717) is 0 Å². The molecule has 0 aromatic heterocycles. The van der Waals surface area contributed by atoms with Gasteiger partial charge in [-0.3, -0.25) is 0 Å². The number of hydrogen-bond acceptors (Lipinski definition) is 0. The van der Waals surface area contributed by atoms with Crippen LogP contribution in [0.1, 0.15) is 56.4 Å². The maximum Gasteiger partial charge on any atom is 0.0159 e. The SMILES string of the molecule is C\C=C/C(=C(\C)Cc1ccc(-c2ccc(-c3c4ccccc4c(-c4ccccc4)c4ccccc34)cc2)cc1)C(=C1/C=CC=CC1)/c1ccc2c(c1)C(C)(C)c1ccccc1-2. The Morgan fingerprint density at radius 1 is 0.541 bits per heavy atom. The second-order valence-corrected chi connectivity index (χ2v) is 17.2. The first-order chi connectivity index (χ1) is 29.9. The topological polar surface area (TPSA) is 0 Å². The van der Waals surface area contributed by atoms with Gasteiger partial charge in [-0.2, -0.15) is 0 Å². The fourth-order valence-electron chi connectivity index (χ4n) is 10.1. The third-order valence-corrected chi connectivity index (χ3v) is 13.1. The molecule has 2 aliphatic carbocycles. The molecule has 0 saturated heterocycles. The first kappa shape index (κ1) is 38.2. The lowest BCUT2D eigenvalue weighted by Crippen LogP contribution is -2.15. The fraction of sp³-hybridized carbons (Fsp3) is 0.115. The van der Waals surface area contributed by atoms with Gasteiger partial charge in [0, 0.05) is 5.41 Å². The maximum atomic E-state index is 2.48. The zero-order valence-corrected chi connectivity index (χ0v) is 35.5. The lowest BCUT2D eigenvalue weighted by Gasteiger charge is -2.24. The molecule has 0 heterocycles. The lowest BCUT2D eigenvalue weighted by atomic mass is 9.80. The van der Waals surface area contributed by atoms with Crippen LogP contribution in [0.4, 0.5) is 0 Å². The molecule has 61 heavy (non-hydrogen) atoms. The van der Waals surface area contributed by atoms with Crippen LogP contribution in [0.2, 0.25) is 0 Å². The van der Waals surface area contributed by atoms with E-state index < -0.39 is 0 Å². The molecule has 0 unspecified atom stereocenters. The molecule has 0 fully saturated rings. The van der Waals surface area contributed by atoms with Crippen LogP contribution >= 0.6 is 0 Å². The number of benzene rings is 8. The van der Waals surface area contributed by atoms with Crippen LogP contribution in [0, 0.1) is 0 Å². The molecule has 0 bridgehead atoms. The van der Waals surface area contributed by atoms with Crippen LogP contribution in [0.25, 0.3) is 71.6 Å². The maximum absolute atomic E-state index is 2.48. The standard InChI is InChI=1S/C61H50/c1-5-18-49(58(45-19-8-6-9-20-45)48-37-38-51-50-23-16-17-28-56(50)61(3,4)57(51)40-48)41(2)39-42-29-31-43(32-30-42)44-33-35-47(36-34-44)60-54-26-14-12-24-52(54)59(46-21-10-7-11-22-46)53-25-13-15-27-55(53)60/h5-19,21-38,40H,20,39H2,1-4H3/b18-5-,49-41-,58-45-. The molecular formula is C61H50. The quantitative estimate of drug-likeness (QED) is 0.106. The van der Waals surface area contributed by atoms with Crippen molar-refractivity contribution < 1.29 is 0 Å². The summed E-state index contributed by atoms with van der Waals surface area (Å²) in [5.74, 6) is 0. The molecule has 0 spiro atoms. The summed E-state index contributed by atoms with van der Waals surface area (Å²) < 4.78 is 0. The molecule has 0 radical (unpaired) electrons. The second kappa shape index (κ2) is 15.9. The molecular weight excluding hydrogens is 733 g/mol. The summed E-state index contributed by atoms with van der Waals surface area (Å²) in [5, 5.41) is 5.11. The van der Waals surface area contributed by atoms with Crippen molar-refractivity contribution in [2.45, 2.75) is 46.0 Å². The van der Waals surface area contributed by atoms with Crippen LogP contribution in [-0.4, -0.2) is 0 Å². The number of hydrogen-bond donors (Lipinski definition) is 0. The largest absolute Gasteiger partial charge is 0.0870 e. The van der Waals surface area contributed by atoms with Crippen LogP contribution < -0.4 is 0 Å². The molecule has 0 amide bonds. The molecule has 0 nitrogen and oxygen atoms in total. The lowest BCUT2D eigenvalue weighted by molar-refractivity contribution is 0.660. The normalized spacial score (nSPS) is 15.3. The van der Waals surface area contributed by atoms with Gasteiger partial charge in [0.2, 0.25) is 0 Å². The van der Waals surface area contributed by atoms with E-state index >= 15 is 0 Å². The highest BCUT2D eigenvalue weighted by Gasteiger charge is 2.35. The average Bonchev–Trinajstić information content (AvgIpc) is 3.54. The Morgan fingerprint density at radius 2 is 1.08 bits per heavy atom. The van der Waals surface area contributed by atoms with Gasteiger partial charge >= 0.3 is 0 Å². The van der Waals surface area contributed by atoms with Gasteiger partial charge in [0.15, 0.2) is 0 Å². The Kier molecular flexibility index (Phi) is 9.94. The zero-order chi connectivity index (χ0) is 41.5. The van der Waals surface area contributed by atoms with Crippen molar-refractivity contribution in [3.8, 4) is 44.5 Å². The van der Waals surface area contributed by atoms with Crippen molar-refractivity contribution >= 4 is 27.1 Å². The Bertz CT molecular complexity index is 3070. The number of allylic oxidation sites excluding steroid dienone is 10. The molecule has 0 saturated carbocycles. The van der Waals surface area contributed by atoms with E-state index in [-0.39, 0.29) is 5.41 Å². The van der Waals surface area contributed by atoms with E-state index in [4.69, 9.17) is 0 Å². The first-order valence-electron chi connectivity index (χ1n) is 21.7. The van der Waals surface area contributed by atoms with Gasteiger partial charge in [0.1, 0.15) is 0 Å². The van der Waals surface area contributed by atoms with Gasteiger partial charge in [-0.25, -0.2) is 0 Å². The van der Waals surface area contributed by atoms with Crippen LogP contribution in [0.5, 0.6) is 0 Å². The Morgan fingerprint density at radius 3 is 1.69 bits per heavy atom. The van der Waals surface area contributed by atoms with Crippen LogP contribution in [0.3, 0.4) is 0 Å². The summed E-state index contributed by atoms with van der Waals surface area (Å²) in [4.78, 5) is 0. The highest BCUT2D eigenvalue weighted by Crippen LogP contribution is 2.50. The number of rotatable bonds is 8. The molecule has 0 heteroatoms. The van der Waals surface area contributed by atoms with Gasteiger partial charge in [-0.15, -0.1) is 0 Å². The minimum absolute atomic E-state index is 0.0570. The van der Waals surface area contributed by atoms with E-state index in [1.165, 1.54) is 111 Å². The predicted molar refractivity (Wildman–Crippen MR) is 263 cm³/mol. The smallest absolute Gasteiger partial charge is 0.0159 e. The summed E-state index contributed by atoms with van der Waals surface area (Å²) >= 11 is 0. The summed E-state index contributed by atoms with van der Waals surface area (Å²) in [5.41, 5.74) is 20.9. The van der Waals surface area contributed by atoms with Crippen molar-refractivity contribution in [3.05, 3.63) is 245 Å². The summed E-state index contributed by atoms with van der Waals surface area (Å²) in [6.07, 6.45) is 15.3. The van der Waals surface area contributed by atoms with Crippen molar-refractivity contribution in [1.29, 1.82) is 0 Å². The van der Waals surface area contributed by atoms with Crippen molar-refractivity contribution in [2.24, 2.45) is 0 Å². The number of fused-ring (bicyclic) bond motifs is 5. The van der Waals surface area contributed by atoms with E-state index in [9.17, 15) is 0 Å². The van der Waals surface area contributed by atoms with Crippen LogP contribution in [-0.2, 0) is 11.8 Å². The van der Waals surface area contributed by atoms with Gasteiger partial charge in [0.05, 0.1) is 0 Å². The summed E-state index contributed by atoms with van der Waals surface area (Å²) in [7, 11) is 0. The fourth-order valence-corrected chi connectivity index (χ4v) is 10.1. The van der Waals surface area contributed by atoms with Gasteiger partial charge < -0.3 is 0 Å². The second-order valence-electron chi connectivity index (χ2n) is 17.2. The molecule has 2 aliphatic rings. The van der Waals surface area contributed by atoms with E-state index in [1.54, 1.807) is 0 Å². The zero-order valence-electron chi connectivity index (χ0n) is 35.5. The van der Waals surface area contributed by atoms with Crippen LogP contribution in [0.15, 0.2) is 223 Å². The molecule has 10 rings (SSSR count). The van der Waals surface area contributed by atoms with E-state index in [2.05, 4.69) is 234 Å². The molecule has 8 aromatic carbocycles. The minimum Gasteiger partial charge on any atom is -0.0870 e. The van der Waals surface area contributed by atoms with E-state index in [0.717, 1.165) is 12.8 Å². The summed E-state index contributed by atoms with van der Waals surface area (Å²) in [6.45, 7) is 9.20. The molecule has 0 atom stereocenters. The average molecular weight is 783 g/mol. The van der Waals surface area contributed by atoms with Gasteiger partial charge in [-0.1, -0.05) is 220 Å². The van der Waals surface area contributed by atoms with Crippen molar-refractivity contribution in [1.82, 2.24) is 0 Å². The first-order valence-corrected chi connectivity index (χ1v) is 21.7. The third-order valence-electron chi connectivity index (χ3n) is 13.1. The molecule has 8 aromatic rings. The van der Waals surface area contributed by atoms with Gasteiger partial charge in [-0.05, 0) is 138 Å². The predicted octanol–water partition coefficient (Wildman–Crippen LogP) is 16.7. The Balaban J connectivity index is 0.973. The van der Waals surface area contributed by atoms with Crippen molar-refractivity contribution in [3.63, 3.8) is 0 Å². The van der Waals surface area contributed by atoms with Crippen molar-refractivity contribution in [2.75, 3.05) is 0 Å². The Hall–Kier alpha value is -7.02. The highest BCUT2D eigenvalue weighted by atomic mass is 14.4. The van der Waals surface area contributed by atoms with Gasteiger partial charge in [0.25, 0.3) is 0 Å².